The number of aliphatic hydroxyl groups is 1. The first-order valence-corrected chi connectivity index (χ1v) is 6.07. The van der Waals surface area contributed by atoms with Crippen molar-refractivity contribution in [2.24, 2.45) is 0 Å². The minimum atomic E-state index is -0.517. The first-order valence-electron chi connectivity index (χ1n) is 6.07. The summed E-state index contributed by atoms with van der Waals surface area (Å²) in [5, 5.41) is 13.0. The molecule has 1 heterocycles. The smallest absolute Gasteiger partial charge is 0.240 e. The van der Waals surface area contributed by atoms with Crippen LogP contribution in [-0.4, -0.2) is 28.2 Å². The Kier molecular flexibility index (Phi) is 3.67. The molecule has 96 valence electrons. The van der Waals surface area contributed by atoms with Crippen molar-refractivity contribution in [3.8, 4) is 0 Å². The van der Waals surface area contributed by atoms with E-state index in [9.17, 15) is 4.79 Å². The van der Waals surface area contributed by atoms with Gasteiger partial charge in [0.05, 0.1) is 6.10 Å². The highest BCUT2D eigenvalue weighted by Gasteiger charge is 2.09. The Balaban J connectivity index is 2.16. The fraction of sp³-hybridized carbons (Fsp3) is 0.357. The van der Waals surface area contributed by atoms with Crippen LogP contribution < -0.4 is 5.32 Å². The van der Waals surface area contributed by atoms with Gasteiger partial charge in [0.15, 0.2) is 0 Å². The Labute approximate surface area is 106 Å². The Bertz CT molecular complexity index is 558. The van der Waals surface area contributed by atoms with E-state index in [-0.39, 0.29) is 19.0 Å². The Morgan fingerprint density at radius 3 is 2.89 bits per heavy atom. The zero-order valence-corrected chi connectivity index (χ0v) is 10.7. The Hall–Kier alpha value is -1.81. The summed E-state index contributed by atoms with van der Waals surface area (Å²) in [6.07, 6.45) is -0.517. The maximum Gasteiger partial charge on any atom is 0.240 e. The molecule has 0 fully saturated rings. The third-order valence-electron chi connectivity index (χ3n) is 2.91. The van der Waals surface area contributed by atoms with Gasteiger partial charge in [0.2, 0.25) is 5.91 Å². The molecule has 1 atom stereocenters. The van der Waals surface area contributed by atoms with Crippen molar-refractivity contribution in [2.75, 3.05) is 6.54 Å². The van der Waals surface area contributed by atoms with E-state index in [1.165, 1.54) is 0 Å². The first kappa shape index (κ1) is 12.6. The number of amides is 1. The van der Waals surface area contributed by atoms with Crippen LogP contribution in [0.1, 0.15) is 12.6 Å². The number of hydrogen-bond acceptors (Lipinski definition) is 2. The highest BCUT2D eigenvalue weighted by molar-refractivity contribution is 5.84. The number of benzene rings is 1. The molecule has 4 nitrogen and oxygen atoms in total. The van der Waals surface area contributed by atoms with Crippen LogP contribution in [0.25, 0.3) is 10.9 Å². The summed E-state index contributed by atoms with van der Waals surface area (Å²) in [4.78, 5) is 11.8. The minimum absolute atomic E-state index is 0.0830. The molecule has 1 aromatic carbocycles. The number of carbonyl (C=O) groups is 1. The maximum atomic E-state index is 11.8. The fourth-order valence-electron chi connectivity index (χ4n) is 2.02. The molecule has 0 aliphatic rings. The van der Waals surface area contributed by atoms with Gasteiger partial charge in [-0.25, -0.2) is 0 Å². The van der Waals surface area contributed by atoms with Crippen LogP contribution in [0.5, 0.6) is 0 Å². The number of aryl methyl sites for hydroxylation is 1. The van der Waals surface area contributed by atoms with Crippen molar-refractivity contribution in [1.82, 2.24) is 9.88 Å². The van der Waals surface area contributed by atoms with Crippen molar-refractivity contribution in [1.29, 1.82) is 0 Å². The normalized spacial score (nSPS) is 12.6. The third-order valence-corrected chi connectivity index (χ3v) is 2.91. The molecule has 1 amide bonds. The van der Waals surface area contributed by atoms with Gasteiger partial charge in [-0.05, 0) is 31.4 Å². The fourth-order valence-corrected chi connectivity index (χ4v) is 2.02. The van der Waals surface area contributed by atoms with E-state index in [4.69, 9.17) is 5.11 Å². The maximum absolute atomic E-state index is 11.8. The van der Waals surface area contributed by atoms with Gasteiger partial charge in [0, 0.05) is 17.8 Å². The highest BCUT2D eigenvalue weighted by Crippen LogP contribution is 2.18. The molecular formula is C14H18N2O2. The van der Waals surface area contributed by atoms with E-state index >= 15 is 0 Å². The van der Waals surface area contributed by atoms with Crippen LogP contribution in [0.3, 0.4) is 0 Å². The number of fused-ring (bicyclic) bond motifs is 1. The molecule has 2 N–H and O–H groups in total. The molecule has 0 saturated heterocycles. The van der Waals surface area contributed by atoms with Crippen molar-refractivity contribution >= 4 is 16.8 Å². The van der Waals surface area contributed by atoms with E-state index in [1.807, 2.05) is 35.8 Å². The van der Waals surface area contributed by atoms with Crippen molar-refractivity contribution in [3.63, 3.8) is 0 Å². The lowest BCUT2D eigenvalue weighted by molar-refractivity contribution is -0.122. The predicted octanol–water partition coefficient (Wildman–Crippen LogP) is 1.45. The topological polar surface area (TPSA) is 54.3 Å². The van der Waals surface area contributed by atoms with Gasteiger partial charge in [0.1, 0.15) is 6.54 Å². The van der Waals surface area contributed by atoms with Crippen LogP contribution in [0, 0.1) is 6.92 Å². The summed E-state index contributed by atoms with van der Waals surface area (Å²) >= 11 is 0. The first-order chi connectivity index (χ1) is 8.58. The summed E-state index contributed by atoms with van der Waals surface area (Å²) in [6.45, 7) is 4.21. The number of para-hydroxylation sites is 1. The second-order valence-corrected chi connectivity index (χ2v) is 4.58. The minimum Gasteiger partial charge on any atom is -0.392 e. The molecule has 4 heteroatoms. The van der Waals surface area contributed by atoms with Crippen LogP contribution in [-0.2, 0) is 11.3 Å². The van der Waals surface area contributed by atoms with Crippen LogP contribution >= 0.6 is 0 Å². The number of aromatic nitrogens is 1. The summed E-state index contributed by atoms with van der Waals surface area (Å²) in [7, 11) is 0. The molecule has 2 aromatic rings. The van der Waals surface area contributed by atoms with Crippen molar-refractivity contribution < 1.29 is 9.90 Å². The molecule has 1 aromatic heterocycles. The monoisotopic (exact) mass is 246 g/mol. The second kappa shape index (κ2) is 5.23. The number of nitrogens with zero attached hydrogens (tertiary/aromatic N) is 1. The standard InChI is InChI=1S/C14H18N2O2/c1-10-7-12-5-3-4-6-13(12)16(10)9-14(18)15-8-11(2)17/h3-7,11,17H,8-9H2,1-2H3,(H,15,18)/t11-/m1/s1. The zero-order chi connectivity index (χ0) is 13.1. The number of aliphatic hydroxyl groups excluding tert-OH is 1. The van der Waals surface area contributed by atoms with E-state index in [2.05, 4.69) is 11.4 Å². The van der Waals surface area contributed by atoms with Gasteiger partial charge in [0.25, 0.3) is 0 Å². The van der Waals surface area contributed by atoms with Crippen LogP contribution in [0.15, 0.2) is 30.3 Å². The number of rotatable bonds is 4. The van der Waals surface area contributed by atoms with Crippen LogP contribution in [0.2, 0.25) is 0 Å². The van der Waals surface area contributed by atoms with Crippen LogP contribution in [0.4, 0.5) is 0 Å². The third kappa shape index (κ3) is 2.71. The van der Waals surface area contributed by atoms with Gasteiger partial charge < -0.3 is 15.0 Å². The van der Waals surface area contributed by atoms with E-state index in [0.29, 0.717) is 0 Å². The molecule has 18 heavy (non-hydrogen) atoms. The van der Waals surface area contributed by atoms with Gasteiger partial charge in [-0.1, -0.05) is 18.2 Å². The average Bonchev–Trinajstić information content (AvgIpc) is 2.64. The Morgan fingerprint density at radius 1 is 1.44 bits per heavy atom. The lowest BCUT2D eigenvalue weighted by atomic mass is 10.2. The largest absolute Gasteiger partial charge is 0.392 e. The number of carbonyl (C=O) groups excluding carboxylic acids is 1. The lowest BCUT2D eigenvalue weighted by Gasteiger charge is -2.10. The number of nitrogens with one attached hydrogen (secondary N) is 1. The SMILES string of the molecule is Cc1cc2ccccc2n1CC(=O)NC[C@@H](C)O. The van der Waals surface area contributed by atoms with Crippen molar-refractivity contribution in [2.45, 2.75) is 26.5 Å². The van der Waals surface area contributed by atoms with Gasteiger partial charge in [-0.15, -0.1) is 0 Å². The molecular weight excluding hydrogens is 228 g/mol. The lowest BCUT2D eigenvalue weighted by Crippen LogP contribution is -2.33. The molecule has 0 radical (unpaired) electrons. The molecule has 2 rings (SSSR count). The summed E-state index contributed by atoms with van der Waals surface area (Å²) in [6, 6.07) is 10.1. The number of hydrogen-bond donors (Lipinski definition) is 2. The molecule has 0 bridgehead atoms. The quantitative estimate of drug-likeness (QED) is 0.858. The van der Waals surface area contributed by atoms with E-state index in [1.54, 1.807) is 6.92 Å². The zero-order valence-electron chi connectivity index (χ0n) is 10.7. The summed E-state index contributed by atoms with van der Waals surface area (Å²) < 4.78 is 1.98. The second-order valence-electron chi connectivity index (χ2n) is 4.58. The Morgan fingerprint density at radius 2 is 2.17 bits per heavy atom. The van der Waals surface area contributed by atoms with E-state index < -0.39 is 6.10 Å². The van der Waals surface area contributed by atoms with Gasteiger partial charge in [-0.2, -0.15) is 0 Å². The molecule has 0 spiro atoms. The van der Waals surface area contributed by atoms with Crippen molar-refractivity contribution in [3.05, 3.63) is 36.0 Å². The van der Waals surface area contributed by atoms with Gasteiger partial charge in [-0.3, -0.25) is 4.79 Å². The molecule has 0 aliphatic heterocycles. The summed E-state index contributed by atoms with van der Waals surface area (Å²) in [5.41, 5.74) is 2.12. The molecule has 0 saturated carbocycles. The summed E-state index contributed by atoms with van der Waals surface area (Å²) in [5.74, 6) is -0.0830. The molecule has 0 aliphatic carbocycles. The van der Waals surface area contributed by atoms with E-state index in [0.717, 1.165) is 16.6 Å². The van der Waals surface area contributed by atoms with Gasteiger partial charge >= 0.3 is 0 Å². The molecule has 0 unspecified atom stereocenters. The average molecular weight is 246 g/mol. The predicted molar refractivity (Wildman–Crippen MR) is 71.4 cm³/mol. The highest BCUT2D eigenvalue weighted by atomic mass is 16.3.